The summed E-state index contributed by atoms with van der Waals surface area (Å²) >= 11 is 6.45. The average molecular weight is 335 g/mol. The van der Waals surface area contributed by atoms with Crippen LogP contribution in [0.4, 0.5) is 5.13 Å². The Hall–Kier alpha value is -1.67. The van der Waals surface area contributed by atoms with Crippen molar-refractivity contribution in [2.75, 3.05) is 24.4 Å². The quantitative estimate of drug-likeness (QED) is 0.461. The molecule has 1 rings (SSSR count). The van der Waals surface area contributed by atoms with E-state index in [0.29, 0.717) is 0 Å². The third kappa shape index (κ3) is 4.98. The Morgan fingerprint density at radius 1 is 1.29 bits per heavy atom. The van der Waals surface area contributed by atoms with Crippen LogP contribution >= 0.6 is 22.9 Å². The van der Waals surface area contributed by atoms with E-state index in [2.05, 4.69) is 10.3 Å². The minimum Gasteiger partial charge on any atom is -0.465 e. The maximum absolute atomic E-state index is 11.9. The lowest BCUT2D eigenvalue weighted by molar-refractivity contribution is -0.157. The summed E-state index contributed by atoms with van der Waals surface area (Å²) < 4.78 is 9.71. The monoisotopic (exact) mass is 334 g/mol. The number of anilines is 1. The first-order chi connectivity index (χ1) is 10.0. The van der Waals surface area contributed by atoms with Crippen molar-refractivity contribution in [3.63, 3.8) is 0 Å². The van der Waals surface area contributed by atoms with Gasteiger partial charge in [-0.15, -0.1) is 22.9 Å². The Morgan fingerprint density at radius 2 is 1.86 bits per heavy atom. The maximum atomic E-state index is 11.9. The second kappa shape index (κ2) is 8.58. The Labute approximate surface area is 130 Å². The summed E-state index contributed by atoms with van der Waals surface area (Å²) in [6.45, 7) is 3.53. The molecular weight excluding hydrogens is 320 g/mol. The zero-order chi connectivity index (χ0) is 15.8. The van der Waals surface area contributed by atoms with Crippen molar-refractivity contribution in [1.29, 1.82) is 0 Å². The molecule has 1 aromatic rings. The summed E-state index contributed by atoms with van der Waals surface area (Å²) in [6, 6.07) is 0. The Balaban J connectivity index is 2.95. The van der Waals surface area contributed by atoms with Gasteiger partial charge in [0.2, 0.25) is 5.91 Å². The van der Waals surface area contributed by atoms with Crippen LogP contribution < -0.4 is 5.32 Å². The zero-order valence-corrected chi connectivity index (χ0v) is 13.1. The van der Waals surface area contributed by atoms with E-state index in [9.17, 15) is 14.4 Å². The van der Waals surface area contributed by atoms with Gasteiger partial charge < -0.3 is 14.8 Å². The normalized spacial score (nSPS) is 10.3. The largest absolute Gasteiger partial charge is 0.465 e. The fourth-order valence-corrected chi connectivity index (χ4v) is 2.24. The fraction of sp³-hybridized carbons (Fsp3) is 0.500. The number of amides is 1. The molecule has 9 heteroatoms. The summed E-state index contributed by atoms with van der Waals surface area (Å²) in [7, 11) is 0. The molecule has 1 N–H and O–H groups in total. The lowest BCUT2D eigenvalue weighted by atomic mass is 10.1. The highest BCUT2D eigenvalue weighted by Gasteiger charge is 2.33. The summed E-state index contributed by atoms with van der Waals surface area (Å²) in [5, 5.41) is 4.17. The smallest absolute Gasteiger partial charge is 0.326 e. The predicted octanol–water partition coefficient (Wildman–Crippen LogP) is 1.53. The van der Waals surface area contributed by atoms with Gasteiger partial charge in [0.05, 0.1) is 18.9 Å². The van der Waals surface area contributed by atoms with Gasteiger partial charge in [-0.3, -0.25) is 14.4 Å². The molecule has 0 saturated carbocycles. The Morgan fingerprint density at radius 3 is 2.33 bits per heavy atom. The minimum atomic E-state index is -1.26. The van der Waals surface area contributed by atoms with E-state index in [4.69, 9.17) is 21.1 Å². The van der Waals surface area contributed by atoms with Crippen LogP contribution in [0.5, 0.6) is 0 Å². The molecule has 21 heavy (non-hydrogen) atoms. The van der Waals surface area contributed by atoms with Crippen molar-refractivity contribution in [2.45, 2.75) is 19.8 Å². The van der Waals surface area contributed by atoms with Crippen LogP contribution in [-0.4, -0.2) is 41.9 Å². The molecule has 0 unspecified atom stereocenters. The second-order valence-corrected chi connectivity index (χ2v) is 4.82. The van der Waals surface area contributed by atoms with Crippen LogP contribution in [0.25, 0.3) is 0 Å². The van der Waals surface area contributed by atoms with E-state index in [1.54, 1.807) is 13.8 Å². The number of nitrogens with one attached hydrogen (secondary N) is 1. The third-order valence-corrected chi connectivity index (χ3v) is 3.25. The number of carbonyl (C=O) groups excluding carboxylic acids is 3. The number of carbonyl (C=O) groups is 3. The molecule has 116 valence electrons. The third-order valence-electron chi connectivity index (χ3n) is 2.23. The van der Waals surface area contributed by atoms with E-state index >= 15 is 0 Å². The number of hydrogen-bond acceptors (Lipinski definition) is 7. The van der Waals surface area contributed by atoms with Gasteiger partial charge in [0, 0.05) is 5.38 Å². The van der Waals surface area contributed by atoms with E-state index in [-0.39, 0.29) is 29.9 Å². The predicted molar refractivity (Wildman–Crippen MR) is 77.5 cm³/mol. The number of esters is 2. The van der Waals surface area contributed by atoms with Crippen LogP contribution in [0.2, 0.25) is 0 Å². The lowest BCUT2D eigenvalue weighted by Gasteiger charge is -2.12. The van der Waals surface area contributed by atoms with Crippen LogP contribution in [0.1, 0.15) is 25.5 Å². The van der Waals surface area contributed by atoms with Gasteiger partial charge >= 0.3 is 11.9 Å². The first-order valence-electron chi connectivity index (χ1n) is 6.17. The van der Waals surface area contributed by atoms with Crippen LogP contribution in [0, 0.1) is 0 Å². The summed E-state index contributed by atoms with van der Waals surface area (Å²) in [4.78, 5) is 39.0. The van der Waals surface area contributed by atoms with E-state index in [1.807, 2.05) is 0 Å². The lowest BCUT2D eigenvalue weighted by Crippen LogP contribution is -2.26. The van der Waals surface area contributed by atoms with Crippen LogP contribution in [-0.2, 0) is 23.9 Å². The minimum absolute atomic E-state index is 0.134. The number of nitrogens with zero attached hydrogens (tertiary/aromatic N) is 1. The number of halogens is 1. The van der Waals surface area contributed by atoms with Crippen molar-refractivity contribution >= 4 is 45.9 Å². The summed E-state index contributed by atoms with van der Waals surface area (Å²) in [6.07, 6.45) is 0. The molecule has 0 spiro atoms. The highest BCUT2D eigenvalue weighted by molar-refractivity contribution is 7.14. The zero-order valence-electron chi connectivity index (χ0n) is 11.6. The molecule has 1 amide bonds. The van der Waals surface area contributed by atoms with E-state index in [1.165, 1.54) is 5.38 Å². The standard InChI is InChI=1S/C12H15ClN2O5S/c1-3-19-10(17)9(11(18)20-4-2)7-6-21-12(14-7)15-8(16)5-13/h6,9H,3-5H2,1-2H3,(H,14,15,16). The Bertz CT molecular complexity index is 502. The highest BCUT2D eigenvalue weighted by atomic mass is 35.5. The van der Waals surface area contributed by atoms with Gasteiger partial charge in [-0.05, 0) is 13.8 Å². The van der Waals surface area contributed by atoms with Crippen molar-refractivity contribution in [2.24, 2.45) is 0 Å². The van der Waals surface area contributed by atoms with Gasteiger partial charge in [0.15, 0.2) is 11.0 Å². The van der Waals surface area contributed by atoms with Gasteiger partial charge in [-0.2, -0.15) is 0 Å². The maximum Gasteiger partial charge on any atom is 0.326 e. The molecular formula is C12H15ClN2O5S. The molecule has 0 atom stereocenters. The topological polar surface area (TPSA) is 94.6 Å². The molecule has 1 heterocycles. The molecule has 0 aliphatic heterocycles. The number of thiazole rings is 1. The molecule has 0 aliphatic rings. The molecule has 0 saturated heterocycles. The molecule has 0 aromatic carbocycles. The molecule has 1 aromatic heterocycles. The SMILES string of the molecule is CCOC(=O)C(C(=O)OCC)c1csc(NC(=O)CCl)n1. The first-order valence-corrected chi connectivity index (χ1v) is 7.59. The number of ether oxygens (including phenoxy) is 2. The average Bonchev–Trinajstić information content (AvgIpc) is 2.87. The van der Waals surface area contributed by atoms with Crippen LogP contribution in [0.15, 0.2) is 5.38 Å². The fourth-order valence-electron chi connectivity index (χ4n) is 1.42. The molecule has 0 fully saturated rings. The summed E-state index contributed by atoms with van der Waals surface area (Å²) in [5.74, 6) is -3.38. The van der Waals surface area contributed by atoms with Gasteiger partial charge in [0.1, 0.15) is 5.88 Å². The number of alkyl halides is 1. The van der Waals surface area contributed by atoms with Gasteiger partial charge in [0.25, 0.3) is 0 Å². The van der Waals surface area contributed by atoms with Crippen LogP contribution in [0.3, 0.4) is 0 Å². The Kier molecular flexibility index (Phi) is 7.10. The van der Waals surface area contributed by atoms with Crippen molar-refractivity contribution in [1.82, 2.24) is 4.98 Å². The molecule has 0 radical (unpaired) electrons. The number of aromatic nitrogens is 1. The van der Waals surface area contributed by atoms with Gasteiger partial charge in [-0.1, -0.05) is 0 Å². The number of hydrogen-bond donors (Lipinski definition) is 1. The highest BCUT2D eigenvalue weighted by Crippen LogP contribution is 2.24. The van der Waals surface area contributed by atoms with Gasteiger partial charge in [-0.25, -0.2) is 4.98 Å². The van der Waals surface area contributed by atoms with Crippen molar-refractivity contribution < 1.29 is 23.9 Å². The van der Waals surface area contributed by atoms with Crippen molar-refractivity contribution in [3.8, 4) is 0 Å². The molecule has 0 bridgehead atoms. The molecule has 0 aliphatic carbocycles. The van der Waals surface area contributed by atoms with Crippen molar-refractivity contribution in [3.05, 3.63) is 11.1 Å². The van der Waals surface area contributed by atoms with E-state index in [0.717, 1.165) is 11.3 Å². The second-order valence-electron chi connectivity index (χ2n) is 3.70. The van der Waals surface area contributed by atoms with E-state index < -0.39 is 23.8 Å². The summed E-state index contributed by atoms with van der Waals surface area (Å²) in [5.41, 5.74) is 0.168. The molecule has 7 nitrogen and oxygen atoms in total. The first kappa shape index (κ1) is 17.4. The number of rotatable bonds is 7.